The molecule has 3 nitrogen and oxygen atoms in total. The van der Waals surface area contributed by atoms with Gasteiger partial charge in [0.2, 0.25) is 0 Å². The van der Waals surface area contributed by atoms with Crippen LogP contribution < -0.4 is 5.32 Å². The number of pyridine rings is 1. The Labute approximate surface area is 118 Å². The summed E-state index contributed by atoms with van der Waals surface area (Å²) in [6, 6.07) is 8.14. The quantitative estimate of drug-likeness (QED) is 0.827. The highest BCUT2D eigenvalue weighted by Gasteiger charge is 2.07. The third-order valence-electron chi connectivity index (χ3n) is 3.24. The fourth-order valence-corrected chi connectivity index (χ4v) is 2.22. The standard InChI is InChI=1S/C15H19ClN2O/c1-3-13(19)9-17-8-12-7-11-6-4-5-10(2)14(11)18-15(12)16/h4-7,13,17,19H,3,8-9H2,1-2H3. The second kappa shape index (κ2) is 6.33. The largest absolute Gasteiger partial charge is 0.392 e. The van der Waals surface area contributed by atoms with Crippen LogP contribution in [-0.2, 0) is 6.54 Å². The third kappa shape index (κ3) is 3.44. The summed E-state index contributed by atoms with van der Waals surface area (Å²) in [6.07, 6.45) is 0.435. The van der Waals surface area contributed by atoms with E-state index in [9.17, 15) is 5.11 Å². The average Bonchev–Trinajstić information content (AvgIpc) is 2.40. The van der Waals surface area contributed by atoms with Gasteiger partial charge in [-0.15, -0.1) is 0 Å². The molecule has 4 heteroatoms. The molecule has 0 aliphatic rings. The van der Waals surface area contributed by atoms with E-state index in [1.807, 2.05) is 32.0 Å². The zero-order chi connectivity index (χ0) is 13.8. The first-order valence-electron chi connectivity index (χ1n) is 6.55. The monoisotopic (exact) mass is 278 g/mol. The van der Waals surface area contributed by atoms with Crippen molar-refractivity contribution in [3.05, 3.63) is 40.5 Å². The molecule has 0 saturated carbocycles. The predicted octanol–water partition coefficient (Wildman–Crippen LogP) is 3.06. The number of fused-ring (bicyclic) bond motifs is 1. The number of hydrogen-bond donors (Lipinski definition) is 2. The number of aliphatic hydroxyl groups excluding tert-OH is 1. The number of halogens is 1. The molecule has 1 aromatic carbocycles. The van der Waals surface area contributed by atoms with Crippen LogP contribution >= 0.6 is 11.6 Å². The maximum absolute atomic E-state index is 9.50. The summed E-state index contributed by atoms with van der Waals surface area (Å²) in [5, 5.41) is 14.3. The maximum Gasteiger partial charge on any atom is 0.134 e. The van der Waals surface area contributed by atoms with Crippen molar-refractivity contribution < 1.29 is 5.11 Å². The second-order valence-electron chi connectivity index (χ2n) is 4.78. The molecule has 0 aliphatic carbocycles. The molecular weight excluding hydrogens is 260 g/mol. The van der Waals surface area contributed by atoms with Crippen LogP contribution in [0.2, 0.25) is 5.15 Å². The number of nitrogens with one attached hydrogen (secondary N) is 1. The van der Waals surface area contributed by atoms with Crippen molar-refractivity contribution in [3.8, 4) is 0 Å². The van der Waals surface area contributed by atoms with E-state index in [1.165, 1.54) is 0 Å². The van der Waals surface area contributed by atoms with Gasteiger partial charge in [-0.25, -0.2) is 4.98 Å². The van der Waals surface area contributed by atoms with Crippen LogP contribution in [-0.4, -0.2) is 22.7 Å². The van der Waals surface area contributed by atoms with E-state index in [2.05, 4.69) is 16.4 Å². The molecule has 1 unspecified atom stereocenters. The van der Waals surface area contributed by atoms with E-state index in [-0.39, 0.29) is 6.10 Å². The molecule has 2 aromatic rings. The lowest BCUT2D eigenvalue weighted by molar-refractivity contribution is 0.167. The Morgan fingerprint density at radius 3 is 2.95 bits per heavy atom. The van der Waals surface area contributed by atoms with Crippen LogP contribution in [0.5, 0.6) is 0 Å². The van der Waals surface area contributed by atoms with E-state index >= 15 is 0 Å². The molecule has 102 valence electrons. The van der Waals surface area contributed by atoms with Crippen LogP contribution in [0.4, 0.5) is 0 Å². The summed E-state index contributed by atoms with van der Waals surface area (Å²) in [6.45, 7) is 5.17. The molecule has 0 amide bonds. The molecule has 1 aromatic heterocycles. The zero-order valence-electron chi connectivity index (χ0n) is 11.3. The second-order valence-corrected chi connectivity index (χ2v) is 5.14. The van der Waals surface area contributed by atoms with Crippen molar-refractivity contribution in [2.45, 2.75) is 32.9 Å². The van der Waals surface area contributed by atoms with Gasteiger partial charge in [0.05, 0.1) is 11.6 Å². The summed E-state index contributed by atoms with van der Waals surface area (Å²) >= 11 is 6.21. The lowest BCUT2D eigenvalue weighted by Gasteiger charge is -2.11. The summed E-state index contributed by atoms with van der Waals surface area (Å²) in [5.74, 6) is 0. The van der Waals surface area contributed by atoms with Gasteiger partial charge < -0.3 is 10.4 Å². The minimum Gasteiger partial charge on any atom is -0.392 e. The van der Waals surface area contributed by atoms with Gasteiger partial charge in [0, 0.05) is 24.0 Å². The minimum absolute atomic E-state index is 0.311. The highest BCUT2D eigenvalue weighted by molar-refractivity contribution is 6.30. The molecule has 0 radical (unpaired) electrons. The van der Waals surface area contributed by atoms with Gasteiger partial charge in [-0.2, -0.15) is 0 Å². The molecule has 0 saturated heterocycles. The Bertz CT molecular complexity index is 571. The minimum atomic E-state index is -0.311. The summed E-state index contributed by atoms with van der Waals surface area (Å²) in [7, 11) is 0. The molecule has 2 rings (SSSR count). The van der Waals surface area contributed by atoms with Crippen molar-refractivity contribution in [2.24, 2.45) is 0 Å². The molecule has 1 atom stereocenters. The van der Waals surface area contributed by atoms with E-state index in [0.29, 0.717) is 18.2 Å². The van der Waals surface area contributed by atoms with Crippen molar-refractivity contribution in [3.63, 3.8) is 0 Å². The van der Waals surface area contributed by atoms with Gasteiger partial charge >= 0.3 is 0 Å². The first-order valence-corrected chi connectivity index (χ1v) is 6.93. The Morgan fingerprint density at radius 1 is 1.42 bits per heavy atom. The lowest BCUT2D eigenvalue weighted by atomic mass is 10.1. The highest BCUT2D eigenvalue weighted by atomic mass is 35.5. The number of hydrogen-bond acceptors (Lipinski definition) is 3. The fraction of sp³-hybridized carbons (Fsp3) is 0.400. The molecule has 0 fully saturated rings. The van der Waals surface area contributed by atoms with Gasteiger partial charge in [0.1, 0.15) is 5.15 Å². The summed E-state index contributed by atoms with van der Waals surface area (Å²) < 4.78 is 0. The normalized spacial score (nSPS) is 12.8. The average molecular weight is 279 g/mol. The number of aryl methyl sites for hydroxylation is 1. The Balaban J connectivity index is 2.17. The van der Waals surface area contributed by atoms with Gasteiger partial charge in [-0.1, -0.05) is 36.7 Å². The zero-order valence-corrected chi connectivity index (χ0v) is 12.0. The molecule has 2 N–H and O–H groups in total. The summed E-state index contributed by atoms with van der Waals surface area (Å²) in [4.78, 5) is 4.46. The van der Waals surface area contributed by atoms with Crippen LogP contribution in [0.15, 0.2) is 24.3 Å². The molecule has 0 spiro atoms. The smallest absolute Gasteiger partial charge is 0.134 e. The summed E-state index contributed by atoms with van der Waals surface area (Å²) in [5.41, 5.74) is 3.04. The van der Waals surface area contributed by atoms with Crippen molar-refractivity contribution >= 4 is 22.5 Å². The van der Waals surface area contributed by atoms with Crippen molar-refractivity contribution in [1.29, 1.82) is 0 Å². The number of aliphatic hydroxyl groups is 1. The van der Waals surface area contributed by atoms with Crippen LogP contribution in [0.1, 0.15) is 24.5 Å². The molecular formula is C15H19ClN2O. The fourth-order valence-electron chi connectivity index (χ4n) is 2.01. The van der Waals surface area contributed by atoms with Crippen molar-refractivity contribution in [2.75, 3.05) is 6.54 Å². The first kappa shape index (κ1) is 14.3. The molecule has 19 heavy (non-hydrogen) atoms. The number of aromatic nitrogens is 1. The Morgan fingerprint density at radius 2 is 2.21 bits per heavy atom. The van der Waals surface area contributed by atoms with E-state index in [4.69, 9.17) is 11.6 Å². The van der Waals surface area contributed by atoms with Crippen LogP contribution in [0.25, 0.3) is 10.9 Å². The van der Waals surface area contributed by atoms with Crippen LogP contribution in [0, 0.1) is 6.92 Å². The topological polar surface area (TPSA) is 45.1 Å². The van der Waals surface area contributed by atoms with E-state index in [0.717, 1.165) is 28.5 Å². The number of para-hydroxylation sites is 1. The van der Waals surface area contributed by atoms with Gasteiger partial charge in [0.15, 0.2) is 0 Å². The maximum atomic E-state index is 9.50. The van der Waals surface area contributed by atoms with Gasteiger partial charge in [-0.3, -0.25) is 0 Å². The van der Waals surface area contributed by atoms with Gasteiger partial charge in [0.25, 0.3) is 0 Å². The molecule has 0 aliphatic heterocycles. The Kier molecular flexibility index (Phi) is 4.75. The molecule has 1 heterocycles. The van der Waals surface area contributed by atoms with Gasteiger partial charge in [-0.05, 0) is 25.0 Å². The number of benzene rings is 1. The SMILES string of the molecule is CCC(O)CNCc1cc2cccc(C)c2nc1Cl. The van der Waals surface area contributed by atoms with Crippen molar-refractivity contribution in [1.82, 2.24) is 10.3 Å². The third-order valence-corrected chi connectivity index (χ3v) is 3.57. The highest BCUT2D eigenvalue weighted by Crippen LogP contribution is 2.22. The Hall–Kier alpha value is -1.16. The first-order chi connectivity index (χ1) is 9.11. The molecule has 0 bridgehead atoms. The van der Waals surface area contributed by atoms with E-state index in [1.54, 1.807) is 0 Å². The van der Waals surface area contributed by atoms with E-state index < -0.39 is 0 Å². The number of rotatable bonds is 5. The predicted molar refractivity (Wildman–Crippen MR) is 79.5 cm³/mol. The lowest BCUT2D eigenvalue weighted by Crippen LogP contribution is -2.25. The van der Waals surface area contributed by atoms with Crippen LogP contribution in [0.3, 0.4) is 0 Å². The number of nitrogens with zero attached hydrogens (tertiary/aromatic N) is 1.